The zero-order valence-electron chi connectivity index (χ0n) is 13.9. The van der Waals surface area contributed by atoms with E-state index in [1.54, 1.807) is 35.1 Å². The Hall–Kier alpha value is -2.21. The minimum atomic E-state index is -3.53. The Morgan fingerprint density at radius 1 is 1.40 bits per heavy atom. The molecule has 8 heteroatoms. The molecular weight excluding hydrogens is 340 g/mol. The normalized spacial score (nSPS) is 21.3. The fourth-order valence-electron chi connectivity index (χ4n) is 3.29. The second-order valence-electron chi connectivity index (χ2n) is 6.38. The summed E-state index contributed by atoms with van der Waals surface area (Å²) in [7, 11) is -1.72. The fourth-order valence-corrected chi connectivity index (χ4v) is 4.88. The molecular formula is C17H20N4O3S. The van der Waals surface area contributed by atoms with Gasteiger partial charge in [-0.1, -0.05) is 12.1 Å². The third-order valence-electron chi connectivity index (χ3n) is 4.59. The van der Waals surface area contributed by atoms with Crippen molar-refractivity contribution in [2.24, 2.45) is 13.0 Å². The number of aromatic nitrogens is 2. The first-order valence-electron chi connectivity index (χ1n) is 7.99. The first-order valence-corrected chi connectivity index (χ1v) is 9.60. The van der Waals surface area contributed by atoms with Crippen LogP contribution in [-0.2, 0) is 22.8 Å². The molecule has 7 nitrogen and oxygen atoms in total. The minimum Gasteiger partial charge on any atom is -0.396 e. The van der Waals surface area contributed by atoms with Crippen LogP contribution in [0.15, 0.2) is 36.7 Å². The molecule has 0 radical (unpaired) electrons. The molecule has 0 spiro atoms. The van der Waals surface area contributed by atoms with E-state index in [0.717, 1.165) is 5.56 Å². The molecule has 2 aromatic rings. The molecule has 0 bridgehead atoms. The average Bonchev–Trinajstić information content (AvgIpc) is 3.20. The number of rotatable bonds is 5. The van der Waals surface area contributed by atoms with Gasteiger partial charge in [-0.3, -0.25) is 4.68 Å². The van der Waals surface area contributed by atoms with E-state index in [1.165, 1.54) is 4.31 Å². The van der Waals surface area contributed by atoms with E-state index in [0.29, 0.717) is 17.7 Å². The Bertz CT molecular complexity index is 901. The third kappa shape index (κ3) is 3.74. The van der Waals surface area contributed by atoms with Crippen LogP contribution < -0.4 is 0 Å². The highest BCUT2D eigenvalue weighted by atomic mass is 32.2. The molecule has 0 aliphatic carbocycles. The van der Waals surface area contributed by atoms with Crippen LogP contribution in [0.2, 0.25) is 0 Å². The highest BCUT2D eigenvalue weighted by molar-refractivity contribution is 7.88. The SMILES string of the molecule is Cn1cc([C@@H]2CN(S(=O)(=O)Cc3cccc(C#N)c3)C[C@H]2CO)cn1. The molecule has 1 aliphatic heterocycles. The van der Waals surface area contributed by atoms with Gasteiger partial charge in [-0.25, -0.2) is 12.7 Å². The van der Waals surface area contributed by atoms with Crippen molar-refractivity contribution in [3.8, 4) is 6.07 Å². The number of aliphatic hydroxyl groups excluding tert-OH is 1. The maximum Gasteiger partial charge on any atom is 0.218 e. The van der Waals surface area contributed by atoms with E-state index in [4.69, 9.17) is 5.26 Å². The molecule has 3 rings (SSSR count). The van der Waals surface area contributed by atoms with Crippen molar-refractivity contribution in [1.29, 1.82) is 5.26 Å². The summed E-state index contributed by atoms with van der Waals surface area (Å²) in [5.74, 6) is -0.371. The zero-order chi connectivity index (χ0) is 18.0. The molecule has 1 N–H and O–H groups in total. The van der Waals surface area contributed by atoms with Gasteiger partial charge in [-0.2, -0.15) is 10.4 Å². The number of nitrogens with zero attached hydrogens (tertiary/aromatic N) is 4. The Labute approximate surface area is 147 Å². The van der Waals surface area contributed by atoms with Crippen molar-refractivity contribution in [3.63, 3.8) is 0 Å². The molecule has 25 heavy (non-hydrogen) atoms. The van der Waals surface area contributed by atoms with E-state index in [2.05, 4.69) is 5.10 Å². The zero-order valence-corrected chi connectivity index (χ0v) is 14.7. The monoisotopic (exact) mass is 360 g/mol. The summed E-state index contributed by atoms with van der Waals surface area (Å²) in [6.45, 7) is 0.545. The van der Waals surface area contributed by atoms with E-state index < -0.39 is 10.0 Å². The topological polar surface area (TPSA) is 99.2 Å². The molecule has 1 saturated heterocycles. The van der Waals surface area contributed by atoms with Gasteiger partial charge in [0.15, 0.2) is 0 Å². The van der Waals surface area contributed by atoms with Crippen LogP contribution >= 0.6 is 0 Å². The van der Waals surface area contributed by atoms with Crippen molar-refractivity contribution < 1.29 is 13.5 Å². The Kier molecular flexibility index (Phi) is 4.90. The van der Waals surface area contributed by atoms with Crippen molar-refractivity contribution in [2.45, 2.75) is 11.7 Å². The van der Waals surface area contributed by atoms with Crippen LogP contribution in [-0.4, -0.2) is 47.3 Å². The second-order valence-corrected chi connectivity index (χ2v) is 8.35. The molecule has 1 aromatic heterocycles. The number of nitriles is 1. The number of sulfonamides is 1. The maximum absolute atomic E-state index is 12.8. The standard InChI is InChI=1S/C17H20N4O3S/c1-20-8-15(7-19-20)17-10-21(9-16(17)11-22)25(23,24)12-14-4-2-3-13(5-14)6-18/h2-5,7-8,16-17,22H,9-12H2,1H3/t16-,17-/m0/s1. The van der Waals surface area contributed by atoms with Crippen molar-refractivity contribution in [1.82, 2.24) is 14.1 Å². The number of aryl methyl sites for hydroxylation is 1. The molecule has 1 fully saturated rings. The van der Waals surface area contributed by atoms with E-state index in [9.17, 15) is 13.5 Å². The van der Waals surface area contributed by atoms with Crippen LogP contribution in [0.4, 0.5) is 0 Å². The number of aliphatic hydroxyl groups is 1. The van der Waals surface area contributed by atoms with Crippen LogP contribution in [0.25, 0.3) is 0 Å². The van der Waals surface area contributed by atoms with E-state index >= 15 is 0 Å². The molecule has 2 heterocycles. The number of benzene rings is 1. The van der Waals surface area contributed by atoms with Gasteiger partial charge < -0.3 is 5.11 Å². The predicted molar refractivity (Wildman–Crippen MR) is 91.9 cm³/mol. The first kappa shape index (κ1) is 17.6. The number of hydrogen-bond acceptors (Lipinski definition) is 5. The lowest BCUT2D eigenvalue weighted by molar-refractivity contribution is 0.223. The van der Waals surface area contributed by atoms with Gasteiger partial charge in [0, 0.05) is 44.8 Å². The maximum atomic E-state index is 12.8. The van der Waals surface area contributed by atoms with Crippen LogP contribution in [0, 0.1) is 17.2 Å². The minimum absolute atomic E-state index is 0.0704. The lowest BCUT2D eigenvalue weighted by Gasteiger charge is -2.16. The summed E-state index contributed by atoms with van der Waals surface area (Å²) < 4.78 is 28.7. The summed E-state index contributed by atoms with van der Waals surface area (Å²) in [5, 5.41) is 22.8. The summed E-state index contributed by atoms with van der Waals surface area (Å²) in [5.41, 5.74) is 1.96. The van der Waals surface area contributed by atoms with Crippen LogP contribution in [0.1, 0.15) is 22.6 Å². The van der Waals surface area contributed by atoms with E-state index in [-0.39, 0.29) is 30.7 Å². The van der Waals surface area contributed by atoms with Crippen LogP contribution in [0.5, 0.6) is 0 Å². The fraction of sp³-hybridized carbons (Fsp3) is 0.412. The highest BCUT2D eigenvalue weighted by Crippen LogP contribution is 2.34. The number of hydrogen-bond donors (Lipinski definition) is 1. The van der Waals surface area contributed by atoms with Gasteiger partial charge in [0.25, 0.3) is 0 Å². The smallest absolute Gasteiger partial charge is 0.218 e. The summed E-state index contributed by atoms with van der Waals surface area (Å²) in [6, 6.07) is 8.64. The Morgan fingerprint density at radius 2 is 2.20 bits per heavy atom. The van der Waals surface area contributed by atoms with Crippen molar-refractivity contribution in [3.05, 3.63) is 53.3 Å². The summed E-state index contributed by atoms with van der Waals surface area (Å²) in [6.07, 6.45) is 3.58. The largest absolute Gasteiger partial charge is 0.396 e. The summed E-state index contributed by atoms with van der Waals surface area (Å²) in [4.78, 5) is 0. The van der Waals surface area contributed by atoms with Gasteiger partial charge in [-0.05, 0) is 23.3 Å². The summed E-state index contributed by atoms with van der Waals surface area (Å²) >= 11 is 0. The van der Waals surface area contributed by atoms with Gasteiger partial charge >= 0.3 is 0 Å². The third-order valence-corrected chi connectivity index (χ3v) is 6.38. The molecule has 1 aliphatic rings. The molecule has 0 unspecified atom stereocenters. The second kappa shape index (κ2) is 6.96. The van der Waals surface area contributed by atoms with Gasteiger partial charge in [0.1, 0.15) is 0 Å². The molecule has 0 saturated carbocycles. The molecule has 132 valence electrons. The van der Waals surface area contributed by atoms with Gasteiger partial charge in [0.05, 0.1) is 23.6 Å². The van der Waals surface area contributed by atoms with Gasteiger partial charge in [0.2, 0.25) is 10.0 Å². The Balaban J connectivity index is 1.79. The lowest BCUT2D eigenvalue weighted by Crippen LogP contribution is -2.30. The predicted octanol–water partition coefficient (Wildman–Crippen LogP) is 0.829. The van der Waals surface area contributed by atoms with Crippen LogP contribution in [0.3, 0.4) is 0 Å². The van der Waals surface area contributed by atoms with Crippen molar-refractivity contribution in [2.75, 3.05) is 19.7 Å². The molecule has 2 atom stereocenters. The van der Waals surface area contributed by atoms with Crippen molar-refractivity contribution >= 4 is 10.0 Å². The average molecular weight is 360 g/mol. The molecule has 1 aromatic carbocycles. The lowest BCUT2D eigenvalue weighted by atomic mass is 9.92. The quantitative estimate of drug-likeness (QED) is 0.851. The highest BCUT2D eigenvalue weighted by Gasteiger charge is 2.39. The molecule has 0 amide bonds. The van der Waals surface area contributed by atoms with E-state index in [1.807, 2.05) is 19.3 Å². The first-order chi connectivity index (χ1) is 11.9. The Morgan fingerprint density at radius 3 is 2.84 bits per heavy atom. The van der Waals surface area contributed by atoms with Gasteiger partial charge in [-0.15, -0.1) is 0 Å².